The molecule has 118 valence electrons. The second-order valence-electron chi connectivity index (χ2n) is 5.18. The van der Waals surface area contributed by atoms with E-state index in [0.29, 0.717) is 12.1 Å². The topological polar surface area (TPSA) is 87.7 Å². The predicted octanol–water partition coefficient (Wildman–Crippen LogP) is 2.69. The van der Waals surface area contributed by atoms with Gasteiger partial charge in [0.05, 0.1) is 0 Å². The van der Waals surface area contributed by atoms with Crippen molar-refractivity contribution in [3.05, 3.63) is 42.5 Å². The molecule has 0 saturated carbocycles. The first-order valence-electron chi connectivity index (χ1n) is 7.23. The van der Waals surface area contributed by atoms with Gasteiger partial charge in [0.15, 0.2) is 0 Å². The van der Waals surface area contributed by atoms with Gasteiger partial charge < -0.3 is 9.84 Å². The van der Waals surface area contributed by atoms with Gasteiger partial charge in [-0.2, -0.15) is 0 Å². The molecule has 1 saturated heterocycles. The van der Waals surface area contributed by atoms with Crippen LogP contribution in [0.2, 0.25) is 0 Å². The Morgan fingerprint density at radius 3 is 3.00 bits per heavy atom. The molecule has 22 heavy (non-hydrogen) atoms. The lowest BCUT2D eigenvalue weighted by molar-refractivity contribution is -0.140. The number of piperidine rings is 1. The molecule has 6 heteroatoms. The number of aliphatic carboxylic acids is 1. The summed E-state index contributed by atoms with van der Waals surface area (Å²) in [5.74, 6) is -0.827. The van der Waals surface area contributed by atoms with Crippen LogP contribution in [0.5, 0.6) is 0 Å². The Hall–Kier alpha value is -2.34. The van der Waals surface area contributed by atoms with Crippen LogP contribution in [0.4, 0.5) is 10.5 Å². The van der Waals surface area contributed by atoms with E-state index in [-0.39, 0.29) is 12.6 Å². The molecule has 0 radical (unpaired) electrons. The molecular formula is C16H20N2O4. The largest absolute Gasteiger partial charge is 0.480 e. The third-order valence-electron chi connectivity index (χ3n) is 3.55. The van der Waals surface area contributed by atoms with Crippen LogP contribution in [0.25, 0.3) is 0 Å². The van der Waals surface area contributed by atoms with Gasteiger partial charge in [-0.1, -0.05) is 24.8 Å². The van der Waals surface area contributed by atoms with E-state index in [1.807, 2.05) is 18.2 Å². The fourth-order valence-corrected chi connectivity index (χ4v) is 2.51. The molecule has 1 aromatic rings. The molecule has 2 atom stereocenters. The third-order valence-corrected chi connectivity index (χ3v) is 3.55. The van der Waals surface area contributed by atoms with Crippen LogP contribution in [0.15, 0.2) is 36.9 Å². The second-order valence-corrected chi connectivity index (χ2v) is 5.18. The SMILES string of the molecule is C=CCOC(=O)Nc1cccc(C2CCCC(C(=O)O)N2)c1. The number of carbonyl (C=O) groups excluding carboxylic acids is 1. The summed E-state index contributed by atoms with van der Waals surface area (Å²) in [5.41, 5.74) is 1.57. The highest BCUT2D eigenvalue weighted by atomic mass is 16.5. The predicted molar refractivity (Wildman–Crippen MR) is 82.8 cm³/mol. The monoisotopic (exact) mass is 304 g/mol. The van der Waals surface area contributed by atoms with Crippen molar-refractivity contribution in [1.82, 2.24) is 5.32 Å². The molecule has 0 bridgehead atoms. The van der Waals surface area contributed by atoms with Gasteiger partial charge in [0.2, 0.25) is 0 Å². The Labute approximate surface area is 129 Å². The molecule has 3 N–H and O–H groups in total. The van der Waals surface area contributed by atoms with E-state index >= 15 is 0 Å². The average molecular weight is 304 g/mol. The molecular weight excluding hydrogens is 284 g/mol. The van der Waals surface area contributed by atoms with E-state index in [4.69, 9.17) is 9.84 Å². The number of ether oxygens (including phenoxy) is 1. The summed E-state index contributed by atoms with van der Waals surface area (Å²) < 4.78 is 4.87. The number of nitrogens with one attached hydrogen (secondary N) is 2. The molecule has 0 aromatic heterocycles. The van der Waals surface area contributed by atoms with Crippen LogP contribution in [-0.2, 0) is 9.53 Å². The highest BCUT2D eigenvalue weighted by Gasteiger charge is 2.26. The second kappa shape index (κ2) is 7.61. The minimum atomic E-state index is -0.827. The molecule has 1 amide bonds. The molecule has 6 nitrogen and oxygen atoms in total. The molecule has 2 rings (SSSR count). The quantitative estimate of drug-likeness (QED) is 0.728. The summed E-state index contributed by atoms with van der Waals surface area (Å²) in [6, 6.07) is 6.79. The Morgan fingerprint density at radius 2 is 2.27 bits per heavy atom. The van der Waals surface area contributed by atoms with Crippen molar-refractivity contribution < 1.29 is 19.4 Å². The summed E-state index contributed by atoms with van der Waals surface area (Å²) >= 11 is 0. The van der Waals surface area contributed by atoms with E-state index in [1.165, 1.54) is 6.08 Å². The zero-order valence-electron chi connectivity index (χ0n) is 12.2. The number of hydrogen-bond acceptors (Lipinski definition) is 4. The molecule has 0 aliphatic carbocycles. The number of carbonyl (C=O) groups is 2. The van der Waals surface area contributed by atoms with E-state index in [2.05, 4.69) is 17.2 Å². The lowest BCUT2D eigenvalue weighted by atomic mass is 9.93. The number of anilines is 1. The van der Waals surface area contributed by atoms with Crippen LogP contribution >= 0.6 is 0 Å². The molecule has 1 aliphatic rings. The number of carboxylic acids is 1. The average Bonchev–Trinajstić information content (AvgIpc) is 2.53. The maximum absolute atomic E-state index is 11.5. The van der Waals surface area contributed by atoms with Crippen molar-refractivity contribution >= 4 is 17.7 Å². The number of rotatable bonds is 5. The first-order chi connectivity index (χ1) is 10.6. The van der Waals surface area contributed by atoms with Gasteiger partial charge in [-0.15, -0.1) is 0 Å². The third kappa shape index (κ3) is 4.33. The van der Waals surface area contributed by atoms with E-state index in [9.17, 15) is 9.59 Å². The number of carboxylic acid groups (broad SMARTS) is 1. The van der Waals surface area contributed by atoms with Crippen molar-refractivity contribution in [2.75, 3.05) is 11.9 Å². The summed E-state index contributed by atoms with van der Waals surface area (Å²) in [4.78, 5) is 22.6. The lowest BCUT2D eigenvalue weighted by Crippen LogP contribution is -2.42. The van der Waals surface area contributed by atoms with Gasteiger partial charge in [0.1, 0.15) is 12.6 Å². The molecule has 1 aliphatic heterocycles. The van der Waals surface area contributed by atoms with E-state index in [0.717, 1.165) is 18.4 Å². The molecule has 1 fully saturated rings. The van der Waals surface area contributed by atoms with Crippen molar-refractivity contribution in [3.63, 3.8) is 0 Å². The van der Waals surface area contributed by atoms with Gasteiger partial charge in [-0.3, -0.25) is 15.4 Å². The first-order valence-corrected chi connectivity index (χ1v) is 7.23. The van der Waals surface area contributed by atoms with Crippen molar-refractivity contribution in [2.45, 2.75) is 31.3 Å². The zero-order chi connectivity index (χ0) is 15.9. The molecule has 1 aromatic carbocycles. The van der Waals surface area contributed by atoms with Crippen molar-refractivity contribution in [2.24, 2.45) is 0 Å². The smallest absolute Gasteiger partial charge is 0.411 e. The normalized spacial score (nSPS) is 20.9. The maximum Gasteiger partial charge on any atom is 0.411 e. The highest BCUT2D eigenvalue weighted by molar-refractivity contribution is 5.84. The van der Waals surface area contributed by atoms with Crippen molar-refractivity contribution in [1.29, 1.82) is 0 Å². The van der Waals surface area contributed by atoms with E-state index in [1.54, 1.807) is 6.07 Å². The Kier molecular flexibility index (Phi) is 5.55. The van der Waals surface area contributed by atoms with Gasteiger partial charge in [0.25, 0.3) is 0 Å². The van der Waals surface area contributed by atoms with Crippen LogP contribution in [0.1, 0.15) is 30.9 Å². The van der Waals surface area contributed by atoms with Crippen molar-refractivity contribution in [3.8, 4) is 0 Å². The Balaban J connectivity index is 2.03. The van der Waals surface area contributed by atoms with Gasteiger partial charge >= 0.3 is 12.1 Å². The Bertz CT molecular complexity index is 559. The van der Waals surface area contributed by atoms with Gasteiger partial charge in [-0.05, 0) is 37.0 Å². The zero-order valence-corrected chi connectivity index (χ0v) is 12.2. The molecule has 0 spiro atoms. The summed E-state index contributed by atoms with van der Waals surface area (Å²) in [7, 11) is 0. The van der Waals surface area contributed by atoms with Gasteiger partial charge in [0, 0.05) is 11.7 Å². The number of benzene rings is 1. The highest BCUT2D eigenvalue weighted by Crippen LogP contribution is 2.27. The Morgan fingerprint density at radius 1 is 1.45 bits per heavy atom. The maximum atomic E-state index is 11.5. The summed E-state index contributed by atoms with van der Waals surface area (Å²) in [6.07, 6.45) is 3.31. The van der Waals surface area contributed by atoms with Gasteiger partial charge in [-0.25, -0.2) is 4.79 Å². The molecule has 1 heterocycles. The first kappa shape index (κ1) is 16.0. The van der Waals surface area contributed by atoms with Crippen LogP contribution in [-0.4, -0.2) is 29.8 Å². The lowest BCUT2D eigenvalue weighted by Gasteiger charge is -2.29. The standard InChI is InChI=1S/C16H20N2O4/c1-2-9-22-16(21)17-12-6-3-5-11(10-12)13-7-4-8-14(18-13)15(19)20/h2-3,5-6,10,13-14,18H,1,4,7-9H2,(H,17,21)(H,19,20). The van der Waals surface area contributed by atoms with Crippen LogP contribution < -0.4 is 10.6 Å². The van der Waals surface area contributed by atoms with Crippen LogP contribution in [0.3, 0.4) is 0 Å². The van der Waals surface area contributed by atoms with Crippen LogP contribution in [0, 0.1) is 0 Å². The minimum Gasteiger partial charge on any atom is -0.480 e. The molecule has 2 unspecified atom stereocenters. The fourth-order valence-electron chi connectivity index (χ4n) is 2.51. The summed E-state index contributed by atoms with van der Waals surface area (Å²) in [6.45, 7) is 3.62. The minimum absolute atomic E-state index is 0.0270. The summed E-state index contributed by atoms with van der Waals surface area (Å²) in [5, 5.41) is 14.9. The number of amides is 1. The van der Waals surface area contributed by atoms with E-state index < -0.39 is 18.1 Å². The fraction of sp³-hybridized carbons (Fsp3) is 0.375. The number of hydrogen-bond donors (Lipinski definition) is 3.